The molecule has 0 saturated heterocycles. The number of anilines is 1. The number of carbonyl (C=O) groups excluding carboxylic acids is 2. The monoisotopic (exact) mass is 563 g/mol. The number of rotatable bonds is 12. The lowest BCUT2D eigenvalue weighted by atomic mass is 10.0. The first-order valence-corrected chi connectivity index (χ1v) is 15.5. The molecule has 0 radical (unpaired) electrons. The minimum atomic E-state index is -3.80. The van der Waals surface area contributed by atoms with Crippen molar-refractivity contribution in [3.8, 4) is 0 Å². The van der Waals surface area contributed by atoms with E-state index in [4.69, 9.17) is 0 Å². The molecule has 0 heterocycles. The van der Waals surface area contributed by atoms with Crippen LogP contribution in [0, 0.1) is 20.8 Å². The average molecular weight is 564 g/mol. The maximum atomic E-state index is 14.2. The van der Waals surface area contributed by atoms with Gasteiger partial charge in [-0.1, -0.05) is 84.8 Å². The molecule has 0 bridgehead atoms. The standard InChI is InChI=1S/C32H41N3O4S/c1-7-26(5)33-32(37)30(20-27-13-9-8-10-14-27)34(21-28-15-11-12-23(2)19-28)31(36)22-35(40(6,38)39)29-17-16-24(3)18-25(29)4/h8-19,26,30H,7,20-22H2,1-6H3,(H,33,37)/t26-,30+/m0/s1. The largest absolute Gasteiger partial charge is 0.352 e. The van der Waals surface area contributed by atoms with Gasteiger partial charge in [-0.25, -0.2) is 8.42 Å². The van der Waals surface area contributed by atoms with E-state index in [1.807, 2.05) is 101 Å². The van der Waals surface area contributed by atoms with E-state index in [0.717, 1.165) is 44.8 Å². The number of hydrogen-bond donors (Lipinski definition) is 1. The number of hydrogen-bond acceptors (Lipinski definition) is 4. The van der Waals surface area contributed by atoms with Gasteiger partial charge in [0.25, 0.3) is 0 Å². The third kappa shape index (κ3) is 8.42. The Kier molecular flexibility index (Phi) is 10.5. The highest BCUT2D eigenvalue weighted by molar-refractivity contribution is 7.92. The zero-order valence-electron chi connectivity index (χ0n) is 24.3. The van der Waals surface area contributed by atoms with E-state index >= 15 is 0 Å². The summed E-state index contributed by atoms with van der Waals surface area (Å²) in [5.41, 5.74) is 4.98. The van der Waals surface area contributed by atoms with Gasteiger partial charge in [-0.05, 0) is 56.9 Å². The zero-order valence-corrected chi connectivity index (χ0v) is 25.2. The van der Waals surface area contributed by atoms with Gasteiger partial charge in [0.1, 0.15) is 12.6 Å². The van der Waals surface area contributed by atoms with Crippen molar-refractivity contribution in [2.75, 3.05) is 17.1 Å². The van der Waals surface area contributed by atoms with Crippen LogP contribution in [0.1, 0.15) is 48.1 Å². The molecule has 0 saturated carbocycles. The normalized spacial score (nSPS) is 12.8. The van der Waals surface area contributed by atoms with Gasteiger partial charge in [0, 0.05) is 19.0 Å². The van der Waals surface area contributed by atoms with E-state index in [-0.39, 0.29) is 18.5 Å². The summed E-state index contributed by atoms with van der Waals surface area (Å²) in [5.74, 6) is -0.719. The number of benzene rings is 3. The lowest BCUT2D eigenvalue weighted by Crippen LogP contribution is -2.54. The number of nitrogens with one attached hydrogen (secondary N) is 1. The van der Waals surface area contributed by atoms with E-state index in [9.17, 15) is 18.0 Å². The van der Waals surface area contributed by atoms with Crippen LogP contribution in [-0.4, -0.2) is 50.0 Å². The quantitative estimate of drug-likeness (QED) is 0.339. The Hall–Kier alpha value is -3.65. The van der Waals surface area contributed by atoms with Crippen molar-refractivity contribution < 1.29 is 18.0 Å². The summed E-state index contributed by atoms with van der Waals surface area (Å²) >= 11 is 0. The first-order chi connectivity index (χ1) is 18.9. The van der Waals surface area contributed by atoms with Crippen molar-refractivity contribution in [2.45, 2.75) is 66.1 Å². The van der Waals surface area contributed by atoms with Gasteiger partial charge in [-0.2, -0.15) is 0 Å². The average Bonchev–Trinajstić information content (AvgIpc) is 2.89. The van der Waals surface area contributed by atoms with Crippen LogP contribution in [0.3, 0.4) is 0 Å². The summed E-state index contributed by atoms with van der Waals surface area (Å²) in [6.45, 7) is 9.38. The fraction of sp³-hybridized carbons (Fsp3) is 0.375. The molecule has 8 heteroatoms. The molecular weight excluding hydrogens is 522 g/mol. The van der Waals surface area contributed by atoms with Gasteiger partial charge < -0.3 is 10.2 Å². The van der Waals surface area contributed by atoms with Crippen molar-refractivity contribution in [1.29, 1.82) is 0 Å². The predicted molar refractivity (Wildman–Crippen MR) is 162 cm³/mol. The Labute approximate surface area is 239 Å². The van der Waals surface area contributed by atoms with E-state index in [1.165, 1.54) is 4.90 Å². The highest BCUT2D eigenvalue weighted by Gasteiger charge is 2.33. The second kappa shape index (κ2) is 13.6. The molecule has 3 aromatic rings. The smallest absolute Gasteiger partial charge is 0.244 e. The Morgan fingerprint density at radius 1 is 0.875 bits per heavy atom. The van der Waals surface area contributed by atoms with Gasteiger partial charge in [0.15, 0.2) is 0 Å². The van der Waals surface area contributed by atoms with E-state index in [2.05, 4.69) is 5.32 Å². The molecule has 0 spiro atoms. The molecule has 0 aromatic heterocycles. The highest BCUT2D eigenvalue weighted by atomic mass is 32.2. The number of nitrogens with zero attached hydrogens (tertiary/aromatic N) is 2. The number of sulfonamides is 1. The summed E-state index contributed by atoms with van der Waals surface area (Å²) < 4.78 is 27.1. The fourth-order valence-electron chi connectivity index (χ4n) is 4.68. The maximum absolute atomic E-state index is 14.2. The summed E-state index contributed by atoms with van der Waals surface area (Å²) in [4.78, 5) is 29.4. The molecule has 3 aromatic carbocycles. The van der Waals surface area contributed by atoms with Crippen LogP contribution in [-0.2, 0) is 32.6 Å². The number of amides is 2. The molecule has 0 unspecified atom stereocenters. The SMILES string of the molecule is CC[C@H](C)NC(=O)[C@@H](Cc1ccccc1)N(Cc1cccc(C)c1)C(=O)CN(c1ccc(C)cc1C)S(C)(=O)=O. The summed E-state index contributed by atoms with van der Waals surface area (Å²) in [6, 6.07) is 21.9. The first-order valence-electron chi connectivity index (χ1n) is 13.6. The summed E-state index contributed by atoms with van der Waals surface area (Å²) in [5, 5.41) is 3.05. The van der Waals surface area contributed by atoms with Crippen LogP contribution in [0.15, 0.2) is 72.8 Å². The van der Waals surface area contributed by atoms with Crippen LogP contribution < -0.4 is 9.62 Å². The lowest BCUT2D eigenvalue weighted by molar-refractivity contribution is -0.140. The molecular formula is C32H41N3O4S. The Bertz CT molecular complexity index is 1420. The lowest BCUT2D eigenvalue weighted by Gasteiger charge is -2.34. The van der Waals surface area contributed by atoms with Crippen molar-refractivity contribution in [2.24, 2.45) is 0 Å². The van der Waals surface area contributed by atoms with E-state index < -0.39 is 28.5 Å². The molecule has 0 fully saturated rings. The summed E-state index contributed by atoms with van der Waals surface area (Å²) in [7, 11) is -3.80. The van der Waals surface area contributed by atoms with Crippen LogP contribution in [0.4, 0.5) is 5.69 Å². The van der Waals surface area contributed by atoms with Crippen LogP contribution in [0.5, 0.6) is 0 Å². The Morgan fingerprint density at radius 2 is 1.52 bits per heavy atom. The van der Waals surface area contributed by atoms with E-state index in [0.29, 0.717) is 12.1 Å². The van der Waals surface area contributed by atoms with Crippen LogP contribution in [0.2, 0.25) is 0 Å². The van der Waals surface area contributed by atoms with Crippen molar-refractivity contribution >= 4 is 27.5 Å². The predicted octanol–water partition coefficient (Wildman–Crippen LogP) is 4.93. The number of carbonyl (C=O) groups is 2. The zero-order chi connectivity index (χ0) is 29.4. The molecule has 0 aliphatic rings. The topological polar surface area (TPSA) is 86.8 Å². The molecule has 1 N–H and O–H groups in total. The third-order valence-electron chi connectivity index (χ3n) is 7.01. The van der Waals surface area contributed by atoms with Gasteiger partial charge in [-0.15, -0.1) is 0 Å². The first kappa shape index (κ1) is 30.9. The third-order valence-corrected chi connectivity index (χ3v) is 8.13. The molecule has 0 aliphatic carbocycles. The van der Waals surface area contributed by atoms with E-state index in [1.54, 1.807) is 6.07 Å². The second-order valence-electron chi connectivity index (χ2n) is 10.6. The van der Waals surface area contributed by atoms with Crippen molar-refractivity contribution in [3.63, 3.8) is 0 Å². The molecule has 7 nitrogen and oxygen atoms in total. The number of aryl methyl sites for hydroxylation is 3. The van der Waals surface area contributed by atoms with Crippen LogP contribution >= 0.6 is 0 Å². The van der Waals surface area contributed by atoms with Gasteiger partial charge in [-0.3, -0.25) is 13.9 Å². The minimum Gasteiger partial charge on any atom is -0.352 e. The molecule has 2 atom stereocenters. The van der Waals surface area contributed by atoms with Gasteiger partial charge >= 0.3 is 0 Å². The Balaban J connectivity index is 2.08. The highest BCUT2D eigenvalue weighted by Crippen LogP contribution is 2.25. The fourth-order valence-corrected chi connectivity index (χ4v) is 5.59. The molecule has 214 valence electrons. The van der Waals surface area contributed by atoms with Gasteiger partial charge in [0.2, 0.25) is 21.8 Å². The van der Waals surface area contributed by atoms with Crippen molar-refractivity contribution in [3.05, 3.63) is 101 Å². The maximum Gasteiger partial charge on any atom is 0.244 e. The molecule has 2 amide bonds. The second-order valence-corrected chi connectivity index (χ2v) is 12.5. The molecule has 40 heavy (non-hydrogen) atoms. The van der Waals surface area contributed by atoms with Crippen LogP contribution in [0.25, 0.3) is 0 Å². The Morgan fingerprint density at radius 3 is 2.12 bits per heavy atom. The summed E-state index contributed by atoms with van der Waals surface area (Å²) in [6.07, 6.45) is 2.13. The molecule has 0 aliphatic heterocycles. The molecule has 3 rings (SSSR count). The van der Waals surface area contributed by atoms with Crippen molar-refractivity contribution in [1.82, 2.24) is 10.2 Å². The minimum absolute atomic E-state index is 0.0792. The van der Waals surface area contributed by atoms with Gasteiger partial charge in [0.05, 0.1) is 11.9 Å².